The van der Waals surface area contributed by atoms with Crippen molar-refractivity contribution in [1.82, 2.24) is 9.78 Å². The summed E-state index contributed by atoms with van der Waals surface area (Å²) in [6.07, 6.45) is 3.95. The second-order valence-electron chi connectivity index (χ2n) is 8.42. The van der Waals surface area contributed by atoms with Gasteiger partial charge in [-0.3, -0.25) is 0 Å². The van der Waals surface area contributed by atoms with Gasteiger partial charge in [0.2, 0.25) is 0 Å². The largest absolute Gasteiger partial charge is 0.488 e. The van der Waals surface area contributed by atoms with Gasteiger partial charge in [-0.15, -0.1) is 0 Å². The van der Waals surface area contributed by atoms with Crippen LogP contribution in [0.15, 0.2) is 53.3 Å². The van der Waals surface area contributed by atoms with Gasteiger partial charge in [-0.1, -0.05) is 47.7 Å². The van der Waals surface area contributed by atoms with Gasteiger partial charge in [0.25, 0.3) is 0 Å². The summed E-state index contributed by atoms with van der Waals surface area (Å²) in [4.78, 5) is 0. The molecule has 0 amide bonds. The minimum absolute atomic E-state index is 0.501. The first kappa shape index (κ1) is 19.4. The minimum atomic E-state index is -1.05. The monoisotopic (exact) mass is 456 g/mol. The Morgan fingerprint density at radius 2 is 1.93 bits per heavy atom. The van der Waals surface area contributed by atoms with Gasteiger partial charge in [0.05, 0.1) is 6.20 Å². The molecule has 4 rings (SSSR count). The Hall–Kier alpha value is -1.89. The summed E-state index contributed by atoms with van der Waals surface area (Å²) in [7, 11) is -1.05. The molecule has 28 heavy (non-hydrogen) atoms. The highest BCUT2D eigenvalue weighted by Gasteiger charge is 2.18. The Labute approximate surface area is 175 Å². The average molecular weight is 457 g/mol. The first-order valence-corrected chi connectivity index (χ1v) is 14.1. The topological polar surface area (TPSA) is 36.3 Å². The van der Waals surface area contributed by atoms with Crippen LogP contribution in [0.25, 0.3) is 22.3 Å². The zero-order chi connectivity index (χ0) is 19.7. The molecule has 0 saturated carbocycles. The second kappa shape index (κ2) is 7.85. The van der Waals surface area contributed by atoms with Gasteiger partial charge in [-0.25, -0.2) is 4.68 Å². The highest BCUT2D eigenvalue weighted by molar-refractivity contribution is 9.10. The number of ether oxygens (including phenoxy) is 2. The number of halogens is 1. The number of hydrogen-bond donors (Lipinski definition) is 0. The number of hydrogen-bond acceptors (Lipinski definition) is 3. The van der Waals surface area contributed by atoms with E-state index in [1.54, 1.807) is 0 Å². The molecule has 146 valence electrons. The van der Waals surface area contributed by atoms with Crippen LogP contribution in [0.3, 0.4) is 0 Å². The van der Waals surface area contributed by atoms with E-state index in [9.17, 15) is 0 Å². The Morgan fingerprint density at radius 1 is 1.11 bits per heavy atom. The molecule has 0 fully saturated rings. The van der Waals surface area contributed by atoms with Crippen molar-refractivity contribution in [3.63, 3.8) is 0 Å². The predicted molar refractivity (Wildman–Crippen MR) is 119 cm³/mol. The van der Waals surface area contributed by atoms with Crippen LogP contribution in [0.2, 0.25) is 25.7 Å². The van der Waals surface area contributed by atoms with Crippen molar-refractivity contribution in [2.45, 2.75) is 39.0 Å². The van der Waals surface area contributed by atoms with Gasteiger partial charge in [-0.2, -0.15) is 5.10 Å². The summed E-state index contributed by atoms with van der Waals surface area (Å²) in [5.41, 5.74) is 5.82. The van der Waals surface area contributed by atoms with E-state index in [1.165, 1.54) is 17.2 Å². The van der Waals surface area contributed by atoms with Gasteiger partial charge in [0, 0.05) is 36.5 Å². The van der Waals surface area contributed by atoms with Crippen LogP contribution in [0.5, 0.6) is 5.75 Å². The lowest BCUT2D eigenvalue weighted by Gasteiger charge is -2.21. The quantitative estimate of drug-likeness (QED) is 0.327. The van der Waals surface area contributed by atoms with Gasteiger partial charge < -0.3 is 9.47 Å². The lowest BCUT2D eigenvalue weighted by Crippen LogP contribution is -2.22. The molecule has 0 spiro atoms. The zero-order valence-corrected chi connectivity index (χ0v) is 19.1. The molecule has 2 heterocycles. The third kappa shape index (κ3) is 4.40. The van der Waals surface area contributed by atoms with Crippen LogP contribution in [0.4, 0.5) is 0 Å². The van der Waals surface area contributed by atoms with Gasteiger partial charge in [0.1, 0.15) is 19.1 Å². The van der Waals surface area contributed by atoms with Crippen molar-refractivity contribution in [3.05, 3.63) is 58.8 Å². The maximum Gasteiger partial charge on any atom is 0.139 e. The molecule has 1 aliphatic rings. The van der Waals surface area contributed by atoms with E-state index in [4.69, 9.17) is 9.47 Å². The van der Waals surface area contributed by atoms with Crippen molar-refractivity contribution >= 4 is 24.0 Å². The fraction of sp³-hybridized carbons (Fsp3) is 0.318. The summed E-state index contributed by atoms with van der Waals surface area (Å²) in [5, 5.41) is 4.45. The van der Waals surface area contributed by atoms with E-state index in [-0.39, 0.29) is 0 Å². The first-order chi connectivity index (χ1) is 13.4. The first-order valence-electron chi connectivity index (χ1n) is 9.55. The molecule has 2 aromatic carbocycles. The Bertz CT molecular complexity index is 994. The van der Waals surface area contributed by atoms with Crippen molar-refractivity contribution in [3.8, 4) is 28.0 Å². The Morgan fingerprint density at radius 3 is 2.75 bits per heavy atom. The van der Waals surface area contributed by atoms with E-state index in [2.05, 4.69) is 71.0 Å². The maximum atomic E-state index is 5.95. The smallest absolute Gasteiger partial charge is 0.139 e. The van der Waals surface area contributed by atoms with E-state index in [1.807, 2.05) is 23.1 Å². The van der Waals surface area contributed by atoms with Crippen molar-refractivity contribution in [2.24, 2.45) is 0 Å². The van der Waals surface area contributed by atoms with Gasteiger partial charge in [0.15, 0.2) is 0 Å². The van der Waals surface area contributed by atoms with Crippen LogP contribution < -0.4 is 4.74 Å². The van der Waals surface area contributed by atoms with Crippen LogP contribution in [0.1, 0.15) is 5.56 Å². The van der Waals surface area contributed by atoms with Gasteiger partial charge >= 0.3 is 0 Å². The molecule has 1 aliphatic heterocycles. The molecule has 0 unspecified atom stereocenters. The molecular weight excluding hydrogens is 432 g/mol. The molecule has 0 saturated heterocycles. The van der Waals surface area contributed by atoms with Crippen LogP contribution in [0, 0.1) is 0 Å². The lowest BCUT2D eigenvalue weighted by atomic mass is 9.94. The minimum Gasteiger partial charge on any atom is -0.488 e. The van der Waals surface area contributed by atoms with Crippen molar-refractivity contribution in [1.29, 1.82) is 0 Å². The van der Waals surface area contributed by atoms with Crippen LogP contribution in [-0.4, -0.2) is 24.5 Å². The highest BCUT2D eigenvalue weighted by atomic mass is 79.9. The summed E-state index contributed by atoms with van der Waals surface area (Å²) in [6.45, 7) is 8.97. The number of rotatable bonds is 6. The Balaban J connectivity index is 1.48. The van der Waals surface area contributed by atoms with E-state index in [0.717, 1.165) is 33.5 Å². The molecule has 6 heteroatoms. The molecule has 0 N–H and O–H groups in total. The fourth-order valence-corrected chi connectivity index (χ4v) is 4.37. The van der Waals surface area contributed by atoms with E-state index >= 15 is 0 Å². The summed E-state index contributed by atoms with van der Waals surface area (Å²) >= 11 is 3.51. The summed E-state index contributed by atoms with van der Waals surface area (Å²) in [6, 6.07) is 13.9. The standard InChI is InChI=1S/C22H25BrN2O2Si/c1-28(2,3)9-8-26-15-25-13-18(12-24-25)16-4-6-20-17(10-16)14-27-22-11-19(23)5-7-21(20)22/h4-7,10-13H,8-9,14-15H2,1-3H3. The molecule has 0 radical (unpaired) electrons. The van der Waals surface area contributed by atoms with E-state index in [0.29, 0.717) is 13.3 Å². The maximum absolute atomic E-state index is 5.95. The molecule has 0 bridgehead atoms. The molecule has 0 atom stereocenters. The zero-order valence-electron chi connectivity index (χ0n) is 16.5. The summed E-state index contributed by atoms with van der Waals surface area (Å²) in [5.74, 6) is 0.929. The molecular formula is C22H25BrN2O2Si. The number of nitrogens with zero attached hydrogens (tertiary/aromatic N) is 2. The van der Waals surface area contributed by atoms with Gasteiger partial charge in [-0.05, 0) is 47.0 Å². The molecule has 0 aliphatic carbocycles. The fourth-order valence-electron chi connectivity index (χ4n) is 3.27. The van der Waals surface area contributed by atoms with Crippen LogP contribution in [-0.2, 0) is 18.1 Å². The predicted octanol–water partition coefficient (Wildman–Crippen LogP) is 6.18. The third-order valence-electron chi connectivity index (χ3n) is 4.91. The van der Waals surface area contributed by atoms with Crippen LogP contribution >= 0.6 is 15.9 Å². The average Bonchev–Trinajstić information content (AvgIpc) is 3.12. The Kier molecular flexibility index (Phi) is 5.45. The van der Waals surface area contributed by atoms with E-state index < -0.39 is 8.07 Å². The van der Waals surface area contributed by atoms with Crippen molar-refractivity contribution in [2.75, 3.05) is 6.61 Å². The molecule has 3 aromatic rings. The van der Waals surface area contributed by atoms with Crippen molar-refractivity contribution < 1.29 is 9.47 Å². The SMILES string of the molecule is C[Si](C)(C)CCOCn1cc(-c2ccc3c(c2)COc2cc(Br)ccc2-3)cn1. The second-order valence-corrected chi connectivity index (χ2v) is 15.0. The lowest BCUT2D eigenvalue weighted by molar-refractivity contribution is 0.0786. The highest BCUT2D eigenvalue weighted by Crippen LogP contribution is 2.40. The number of aromatic nitrogens is 2. The molecule has 1 aromatic heterocycles. The molecule has 4 nitrogen and oxygen atoms in total. The third-order valence-corrected chi connectivity index (χ3v) is 7.11. The number of fused-ring (bicyclic) bond motifs is 3. The summed E-state index contributed by atoms with van der Waals surface area (Å²) < 4.78 is 14.6. The normalized spacial score (nSPS) is 13.0. The number of benzene rings is 2.